The van der Waals surface area contributed by atoms with Gasteiger partial charge in [-0.05, 0) is 56.3 Å². The van der Waals surface area contributed by atoms with Crippen LogP contribution in [0.3, 0.4) is 0 Å². The Hall–Kier alpha value is -2.41. The minimum absolute atomic E-state index is 0.00370. The van der Waals surface area contributed by atoms with Gasteiger partial charge in [0.05, 0.1) is 16.3 Å². The molecular formula is C17H17ClF3N3O. The maximum absolute atomic E-state index is 12.8. The molecule has 0 spiro atoms. The Labute approximate surface area is 148 Å². The van der Waals surface area contributed by atoms with Gasteiger partial charge in [0.2, 0.25) is 0 Å². The van der Waals surface area contributed by atoms with Gasteiger partial charge in [0.1, 0.15) is 0 Å². The van der Waals surface area contributed by atoms with Crippen LogP contribution in [0.1, 0.15) is 19.4 Å². The normalized spacial score (nSPS) is 11.3. The first-order valence-corrected chi connectivity index (χ1v) is 7.84. The third-order valence-corrected chi connectivity index (χ3v) is 3.46. The maximum atomic E-state index is 12.8. The van der Waals surface area contributed by atoms with Gasteiger partial charge in [-0.3, -0.25) is 0 Å². The Morgan fingerprint density at radius 2 is 1.64 bits per heavy atom. The lowest BCUT2D eigenvalue weighted by molar-refractivity contribution is -0.137. The lowest BCUT2D eigenvalue weighted by atomic mass is 10.2. The molecule has 2 aromatic carbocycles. The first-order chi connectivity index (χ1) is 11.6. The van der Waals surface area contributed by atoms with Crippen LogP contribution in [-0.4, -0.2) is 12.1 Å². The fourth-order valence-electron chi connectivity index (χ4n) is 2.02. The predicted octanol–water partition coefficient (Wildman–Crippen LogP) is 5.63. The third-order valence-electron chi connectivity index (χ3n) is 3.14. The van der Waals surface area contributed by atoms with Gasteiger partial charge in [0.15, 0.2) is 0 Å². The second kappa shape index (κ2) is 7.65. The van der Waals surface area contributed by atoms with Gasteiger partial charge in [0, 0.05) is 17.4 Å². The van der Waals surface area contributed by atoms with E-state index in [1.54, 1.807) is 24.3 Å². The van der Waals surface area contributed by atoms with Gasteiger partial charge < -0.3 is 16.0 Å². The largest absolute Gasteiger partial charge is 0.416 e. The third kappa shape index (κ3) is 5.56. The molecule has 2 rings (SSSR count). The van der Waals surface area contributed by atoms with Gasteiger partial charge in [-0.25, -0.2) is 4.79 Å². The minimum atomic E-state index is -4.45. The van der Waals surface area contributed by atoms with Gasteiger partial charge >= 0.3 is 12.2 Å². The summed E-state index contributed by atoms with van der Waals surface area (Å²) in [6.07, 6.45) is -4.45. The predicted molar refractivity (Wildman–Crippen MR) is 93.5 cm³/mol. The fraction of sp³-hybridized carbons (Fsp3) is 0.235. The Morgan fingerprint density at radius 1 is 1.04 bits per heavy atom. The number of anilines is 3. The summed E-state index contributed by atoms with van der Waals surface area (Å²) < 4.78 is 38.4. The molecule has 0 aliphatic carbocycles. The van der Waals surface area contributed by atoms with Crippen molar-refractivity contribution in [3.8, 4) is 0 Å². The number of alkyl halides is 3. The number of benzene rings is 2. The zero-order chi connectivity index (χ0) is 18.6. The molecule has 0 saturated heterocycles. The highest BCUT2D eigenvalue weighted by Crippen LogP contribution is 2.35. The van der Waals surface area contributed by atoms with Crippen molar-refractivity contribution in [2.45, 2.75) is 26.1 Å². The Morgan fingerprint density at radius 3 is 2.20 bits per heavy atom. The number of carbonyl (C=O) groups is 1. The zero-order valence-corrected chi connectivity index (χ0v) is 14.3. The highest BCUT2D eigenvalue weighted by Gasteiger charge is 2.30. The van der Waals surface area contributed by atoms with Crippen molar-refractivity contribution >= 4 is 34.7 Å². The van der Waals surface area contributed by atoms with E-state index >= 15 is 0 Å². The van der Waals surface area contributed by atoms with Crippen molar-refractivity contribution < 1.29 is 18.0 Å². The molecule has 2 aromatic rings. The molecule has 3 N–H and O–H groups in total. The average Bonchev–Trinajstić information content (AvgIpc) is 2.49. The Bertz CT molecular complexity index is 746. The molecule has 0 atom stereocenters. The highest BCUT2D eigenvalue weighted by atomic mass is 35.5. The monoisotopic (exact) mass is 371 g/mol. The molecule has 134 valence electrons. The molecule has 2 amide bonds. The summed E-state index contributed by atoms with van der Waals surface area (Å²) in [5, 5.41) is 8.35. The molecule has 8 heteroatoms. The summed E-state index contributed by atoms with van der Waals surface area (Å²) in [4.78, 5) is 11.6. The summed E-state index contributed by atoms with van der Waals surface area (Å²) in [6, 6.07) is 9.24. The summed E-state index contributed by atoms with van der Waals surface area (Å²) in [5.74, 6) is 0. The number of amides is 2. The number of hydrogen-bond acceptors (Lipinski definition) is 2. The standard InChI is InChI=1S/C17H17ClF3N3O/c1-10(2)22-16(25)24-13-6-4-12(5-7-13)23-15-9-11(17(19,20)21)3-8-14(15)18/h3-10,23H,1-2H3,(H2,22,24,25). The van der Waals surface area contributed by atoms with Crippen LogP contribution in [0.2, 0.25) is 5.02 Å². The van der Waals surface area contributed by atoms with Crippen LogP contribution in [0.4, 0.5) is 35.0 Å². The van der Waals surface area contributed by atoms with Gasteiger partial charge in [0.25, 0.3) is 0 Å². The van der Waals surface area contributed by atoms with Gasteiger partial charge in [-0.2, -0.15) is 13.2 Å². The van der Waals surface area contributed by atoms with E-state index in [2.05, 4.69) is 16.0 Å². The molecule has 0 aliphatic heterocycles. The number of nitrogens with one attached hydrogen (secondary N) is 3. The second-order valence-electron chi connectivity index (χ2n) is 5.65. The molecule has 4 nitrogen and oxygen atoms in total. The molecule has 0 bridgehead atoms. The quantitative estimate of drug-likeness (QED) is 0.652. The Kier molecular flexibility index (Phi) is 5.79. The SMILES string of the molecule is CC(C)NC(=O)Nc1ccc(Nc2cc(C(F)(F)F)ccc2Cl)cc1. The van der Waals surface area contributed by atoms with Crippen LogP contribution in [0.25, 0.3) is 0 Å². The molecular weight excluding hydrogens is 355 g/mol. The molecule has 0 heterocycles. The number of rotatable bonds is 4. The number of urea groups is 1. The molecule has 0 unspecified atom stereocenters. The van der Waals surface area contributed by atoms with E-state index < -0.39 is 11.7 Å². The van der Waals surface area contributed by atoms with Gasteiger partial charge in [-0.1, -0.05) is 11.6 Å². The van der Waals surface area contributed by atoms with E-state index in [1.807, 2.05) is 13.8 Å². The summed E-state index contributed by atoms with van der Waals surface area (Å²) in [7, 11) is 0. The molecule has 0 radical (unpaired) electrons. The summed E-state index contributed by atoms with van der Waals surface area (Å²) >= 11 is 5.95. The molecule has 0 aliphatic rings. The van der Waals surface area contributed by atoms with Crippen molar-refractivity contribution in [2.75, 3.05) is 10.6 Å². The lowest BCUT2D eigenvalue weighted by Crippen LogP contribution is -2.34. The van der Waals surface area contributed by atoms with Crippen molar-refractivity contribution in [2.24, 2.45) is 0 Å². The van der Waals surface area contributed by atoms with Crippen LogP contribution in [0.5, 0.6) is 0 Å². The summed E-state index contributed by atoms with van der Waals surface area (Å²) in [5.41, 5.74) is 0.452. The minimum Gasteiger partial charge on any atom is -0.354 e. The Balaban J connectivity index is 2.10. The molecule has 0 fully saturated rings. The van der Waals surface area contributed by atoms with E-state index in [-0.39, 0.29) is 22.8 Å². The van der Waals surface area contributed by atoms with Crippen LogP contribution >= 0.6 is 11.6 Å². The summed E-state index contributed by atoms with van der Waals surface area (Å²) in [6.45, 7) is 3.68. The lowest BCUT2D eigenvalue weighted by Gasteiger charge is -2.13. The van der Waals surface area contributed by atoms with E-state index in [9.17, 15) is 18.0 Å². The van der Waals surface area contributed by atoms with E-state index in [4.69, 9.17) is 11.6 Å². The van der Waals surface area contributed by atoms with Crippen molar-refractivity contribution in [1.82, 2.24) is 5.32 Å². The average molecular weight is 372 g/mol. The smallest absolute Gasteiger partial charge is 0.354 e. The fourth-order valence-corrected chi connectivity index (χ4v) is 2.18. The maximum Gasteiger partial charge on any atom is 0.416 e. The van der Waals surface area contributed by atoms with Crippen LogP contribution in [-0.2, 0) is 6.18 Å². The second-order valence-corrected chi connectivity index (χ2v) is 6.06. The van der Waals surface area contributed by atoms with E-state index in [0.717, 1.165) is 12.1 Å². The van der Waals surface area contributed by atoms with Crippen molar-refractivity contribution in [3.63, 3.8) is 0 Å². The van der Waals surface area contributed by atoms with Gasteiger partial charge in [-0.15, -0.1) is 0 Å². The number of halogens is 4. The first kappa shape index (κ1) is 18.9. The molecule has 25 heavy (non-hydrogen) atoms. The molecule has 0 saturated carbocycles. The van der Waals surface area contributed by atoms with Crippen LogP contribution in [0, 0.1) is 0 Å². The number of hydrogen-bond donors (Lipinski definition) is 3. The van der Waals surface area contributed by atoms with Crippen molar-refractivity contribution in [1.29, 1.82) is 0 Å². The van der Waals surface area contributed by atoms with E-state index in [0.29, 0.717) is 11.4 Å². The van der Waals surface area contributed by atoms with Crippen LogP contribution < -0.4 is 16.0 Å². The van der Waals surface area contributed by atoms with E-state index in [1.165, 1.54) is 6.07 Å². The van der Waals surface area contributed by atoms with Crippen LogP contribution in [0.15, 0.2) is 42.5 Å². The van der Waals surface area contributed by atoms with Crippen molar-refractivity contribution in [3.05, 3.63) is 53.1 Å². The highest BCUT2D eigenvalue weighted by molar-refractivity contribution is 6.33. The topological polar surface area (TPSA) is 53.2 Å². The molecule has 0 aromatic heterocycles. The first-order valence-electron chi connectivity index (χ1n) is 7.46. The zero-order valence-electron chi connectivity index (χ0n) is 13.5. The number of carbonyl (C=O) groups excluding carboxylic acids is 1.